The molecule has 0 aliphatic heterocycles. The van der Waals surface area contributed by atoms with Crippen molar-refractivity contribution >= 4 is 11.8 Å². The van der Waals surface area contributed by atoms with Crippen LogP contribution in [0.4, 0.5) is 13.2 Å². The van der Waals surface area contributed by atoms with Gasteiger partial charge >= 0.3 is 0 Å². The van der Waals surface area contributed by atoms with Crippen molar-refractivity contribution in [2.75, 3.05) is 26.8 Å². The Kier molecular flexibility index (Phi) is 6.67. The summed E-state index contributed by atoms with van der Waals surface area (Å²) in [5.74, 6) is -5.62. The Morgan fingerprint density at radius 2 is 1.71 bits per heavy atom. The predicted molar refractivity (Wildman–Crippen MR) is 68.2 cm³/mol. The molecule has 0 spiro atoms. The number of carbonyl (C=O) groups excluding carboxylic acids is 2. The summed E-state index contributed by atoms with van der Waals surface area (Å²) >= 11 is 0. The average molecular weight is 304 g/mol. The first-order valence-electron chi connectivity index (χ1n) is 6.14. The number of benzene rings is 1. The summed E-state index contributed by atoms with van der Waals surface area (Å²) in [5, 5.41) is 4.85. The monoisotopic (exact) mass is 304 g/mol. The molecule has 0 heterocycles. The molecule has 0 fully saturated rings. The predicted octanol–water partition coefficient (Wildman–Crippen LogP) is 0.986. The molecule has 1 aromatic rings. The second-order valence-electron chi connectivity index (χ2n) is 4.10. The molecular formula is C13H15F3N2O3. The van der Waals surface area contributed by atoms with Gasteiger partial charge in [0.05, 0.1) is 6.61 Å². The summed E-state index contributed by atoms with van der Waals surface area (Å²) in [7, 11) is 1.49. The zero-order chi connectivity index (χ0) is 15.8. The molecule has 116 valence electrons. The third-order valence-electron chi connectivity index (χ3n) is 2.51. The van der Waals surface area contributed by atoms with Crippen molar-refractivity contribution in [3.63, 3.8) is 0 Å². The molecule has 0 saturated heterocycles. The third-order valence-corrected chi connectivity index (χ3v) is 2.51. The van der Waals surface area contributed by atoms with Gasteiger partial charge in [0.15, 0.2) is 17.5 Å². The lowest BCUT2D eigenvalue weighted by molar-refractivity contribution is -0.121. The highest BCUT2D eigenvalue weighted by Gasteiger charge is 2.15. The first-order chi connectivity index (χ1) is 9.95. The average Bonchev–Trinajstić information content (AvgIpc) is 2.44. The molecule has 1 aromatic carbocycles. The maximum absolute atomic E-state index is 13.0. The van der Waals surface area contributed by atoms with Gasteiger partial charge in [0.1, 0.15) is 0 Å². The summed E-state index contributed by atoms with van der Waals surface area (Å²) in [6.45, 7) is 0.697. The van der Waals surface area contributed by atoms with Gasteiger partial charge in [0.25, 0.3) is 5.91 Å². The number of halogens is 3. The summed E-state index contributed by atoms with van der Waals surface area (Å²) in [5.41, 5.74) is -0.355. The molecule has 0 unspecified atom stereocenters. The molecular weight excluding hydrogens is 289 g/mol. The minimum Gasteiger partial charge on any atom is -0.383 e. The fourth-order valence-electron chi connectivity index (χ4n) is 1.46. The van der Waals surface area contributed by atoms with Crippen LogP contribution in [0, 0.1) is 17.5 Å². The van der Waals surface area contributed by atoms with Crippen molar-refractivity contribution < 1.29 is 27.5 Å². The summed E-state index contributed by atoms with van der Waals surface area (Å²) in [4.78, 5) is 22.9. The van der Waals surface area contributed by atoms with Crippen molar-refractivity contribution in [1.29, 1.82) is 0 Å². The van der Waals surface area contributed by atoms with Crippen molar-refractivity contribution in [1.82, 2.24) is 10.6 Å². The number of carbonyl (C=O) groups is 2. The summed E-state index contributed by atoms with van der Waals surface area (Å²) < 4.78 is 43.4. The van der Waals surface area contributed by atoms with Gasteiger partial charge in [-0.15, -0.1) is 0 Å². The van der Waals surface area contributed by atoms with E-state index in [-0.39, 0.29) is 24.4 Å². The first-order valence-corrected chi connectivity index (χ1v) is 6.14. The van der Waals surface area contributed by atoms with Crippen LogP contribution in [0.15, 0.2) is 12.1 Å². The number of hydrogen-bond acceptors (Lipinski definition) is 3. The molecule has 0 aliphatic rings. The Bertz CT molecular complexity index is 500. The largest absolute Gasteiger partial charge is 0.383 e. The van der Waals surface area contributed by atoms with Crippen LogP contribution in [0.1, 0.15) is 16.8 Å². The van der Waals surface area contributed by atoms with Crippen LogP contribution in [-0.2, 0) is 9.53 Å². The highest BCUT2D eigenvalue weighted by molar-refractivity contribution is 5.94. The van der Waals surface area contributed by atoms with Crippen LogP contribution < -0.4 is 10.6 Å². The smallest absolute Gasteiger partial charge is 0.251 e. The van der Waals surface area contributed by atoms with Gasteiger partial charge in [0, 0.05) is 32.2 Å². The van der Waals surface area contributed by atoms with E-state index in [1.54, 1.807) is 0 Å². The number of amides is 2. The summed E-state index contributed by atoms with van der Waals surface area (Å²) in [6.07, 6.45) is 0.00160. The van der Waals surface area contributed by atoms with E-state index in [1.165, 1.54) is 7.11 Å². The summed E-state index contributed by atoms with van der Waals surface area (Å²) in [6, 6.07) is 1.18. The Balaban J connectivity index is 2.42. The fourth-order valence-corrected chi connectivity index (χ4v) is 1.46. The lowest BCUT2D eigenvalue weighted by Crippen LogP contribution is -2.32. The molecule has 1 rings (SSSR count). The molecule has 0 aliphatic carbocycles. The zero-order valence-corrected chi connectivity index (χ0v) is 11.3. The van der Waals surface area contributed by atoms with Crippen molar-refractivity contribution in [2.24, 2.45) is 0 Å². The van der Waals surface area contributed by atoms with Gasteiger partial charge in [-0.2, -0.15) is 0 Å². The zero-order valence-electron chi connectivity index (χ0n) is 11.3. The minimum atomic E-state index is -1.64. The Morgan fingerprint density at radius 1 is 1.10 bits per heavy atom. The molecule has 21 heavy (non-hydrogen) atoms. The molecule has 0 saturated carbocycles. The molecule has 0 radical (unpaired) electrons. The molecule has 2 amide bonds. The highest BCUT2D eigenvalue weighted by Crippen LogP contribution is 2.13. The van der Waals surface area contributed by atoms with E-state index in [0.29, 0.717) is 25.3 Å². The van der Waals surface area contributed by atoms with E-state index in [1.807, 2.05) is 0 Å². The van der Waals surface area contributed by atoms with Crippen molar-refractivity contribution in [2.45, 2.75) is 6.42 Å². The van der Waals surface area contributed by atoms with E-state index in [9.17, 15) is 22.8 Å². The van der Waals surface area contributed by atoms with E-state index >= 15 is 0 Å². The van der Waals surface area contributed by atoms with E-state index in [4.69, 9.17) is 4.74 Å². The molecule has 2 N–H and O–H groups in total. The molecule has 0 aromatic heterocycles. The number of methoxy groups -OCH3 is 1. The van der Waals surface area contributed by atoms with Crippen molar-refractivity contribution in [3.8, 4) is 0 Å². The van der Waals surface area contributed by atoms with Gasteiger partial charge in [-0.25, -0.2) is 13.2 Å². The lowest BCUT2D eigenvalue weighted by Gasteiger charge is -2.07. The number of nitrogens with one attached hydrogen (secondary N) is 2. The Hall–Kier alpha value is -2.09. The van der Waals surface area contributed by atoms with Crippen molar-refractivity contribution in [3.05, 3.63) is 35.1 Å². The third kappa shape index (κ3) is 5.42. The van der Waals surface area contributed by atoms with Crippen LogP contribution in [0.2, 0.25) is 0 Å². The lowest BCUT2D eigenvalue weighted by atomic mass is 10.2. The number of ether oxygens (including phenoxy) is 1. The molecule has 0 bridgehead atoms. The second-order valence-corrected chi connectivity index (χ2v) is 4.10. The Labute approximate surface area is 119 Å². The van der Waals surface area contributed by atoms with Gasteiger partial charge in [-0.05, 0) is 12.1 Å². The minimum absolute atomic E-state index is 0.00160. The molecule has 8 heteroatoms. The van der Waals surface area contributed by atoms with E-state index in [2.05, 4.69) is 10.6 Å². The van der Waals surface area contributed by atoms with Gasteiger partial charge in [-0.1, -0.05) is 0 Å². The quantitative estimate of drug-likeness (QED) is 0.583. The Morgan fingerprint density at radius 3 is 2.29 bits per heavy atom. The van der Waals surface area contributed by atoms with Crippen LogP contribution in [-0.4, -0.2) is 38.6 Å². The van der Waals surface area contributed by atoms with Gasteiger partial charge in [-0.3, -0.25) is 9.59 Å². The fraction of sp³-hybridized carbons (Fsp3) is 0.385. The second kappa shape index (κ2) is 8.25. The van der Waals surface area contributed by atoms with Crippen LogP contribution in [0.5, 0.6) is 0 Å². The van der Waals surface area contributed by atoms with E-state index in [0.717, 1.165) is 0 Å². The van der Waals surface area contributed by atoms with Crippen LogP contribution in [0.25, 0.3) is 0 Å². The topological polar surface area (TPSA) is 67.4 Å². The maximum atomic E-state index is 13.0. The molecule has 0 atom stereocenters. The number of rotatable bonds is 7. The van der Waals surface area contributed by atoms with Gasteiger partial charge in [0.2, 0.25) is 5.91 Å². The van der Waals surface area contributed by atoms with Crippen LogP contribution in [0.3, 0.4) is 0 Å². The van der Waals surface area contributed by atoms with Gasteiger partial charge < -0.3 is 15.4 Å². The van der Waals surface area contributed by atoms with Crippen LogP contribution >= 0.6 is 0 Å². The standard InChI is InChI=1S/C13H15F3N2O3/c1-21-5-4-17-11(19)2-3-18-13(20)8-6-9(14)12(16)10(15)7-8/h6-7H,2-5H2,1H3,(H,17,19)(H,18,20). The SMILES string of the molecule is COCCNC(=O)CCNC(=O)c1cc(F)c(F)c(F)c1. The number of hydrogen-bond donors (Lipinski definition) is 2. The first kappa shape index (κ1) is 17.0. The van der Waals surface area contributed by atoms with E-state index < -0.39 is 23.4 Å². The normalized spacial score (nSPS) is 10.3. The highest BCUT2D eigenvalue weighted by atomic mass is 19.2. The maximum Gasteiger partial charge on any atom is 0.251 e. The molecule has 5 nitrogen and oxygen atoms in total.